The van der Waals surface area contributed by atoms with Gasteiger partial charge in [0.1, 0.15) is 12.6 Å². The minimum atomic E-state index is -0.410. The highest BCUT2D eigenvalue weighted by Gasteiger charge is 2.17. The number of aliphatic hydroxyl groups excluding tert-OH is 1. The van der Waals surface area contributed by atoms with Gasteiger partial charge in [0.05, 0.1) is 33.9 Å². The van der Waals surface area contributed by atoms with E-state index in [9.17, 15) is 5.11 Å². The second kappa shape index (κ2) is 7.44. The van der Waals surface area contributed by atoms with Crippen LogP contribution in [0.1, 0.15) is 19.8 Å². The molecule has 0 saturated carbocycles. The van der Waals surface area contributed by atoms with Crippen LogP contribution in [0.4, 0.5) is 0 Å². The number of hydrogen-bond acceptors (Lipinski definition) is 2. The molecular weight excluding hydrogens is 214 g/mol. The molecule has 0 aromatic carbocycles. The summed E-state index contributed by atoms with van der Waals surface area (Å²) >= 11 is 5.75. The third-order valence-corrected chi connectivity index (χ3v) is 2.41. The van der Waals surface area contributed by atoms with Gasteiger partial charge in [-0.1, -0.05) is 13.3 Å². The molecule has 0 aromatic rings. The third-order valence-electron chi connectivity index (χ3n) is 2.07. The van der Waals surface area contributed by atoms with Crippen LogP contribution in [0.25, 0.3) is 0 Å². The van der Waals surface area contributed by atoms with Gasteiger partial charge >= 0.3 is 0 Å². The quantitative estimate of drug-likeness (QED) is 0.513. The van der Waals surface area contributed by atoms with Gasteiger partial charge in [0.15, 0.2) is 0 Å². The molecule has 2 atom stereocenters. The number of halogens is 1. The fourth-order valence-electron chi connectivity index (χ4n) is 1.46. The molecular formula is C11H25ClNO2+. The lowest BCUT2D eigenvalue weighted by atomic mass is 10.2. The molecule has 15 heavy (non-hydrogen) atoms. The predicted molar refractivity (Wildman–Crippen MR) is 64.3 cm³/mol. The Balaban J connectivity index is 3.73. The van der Waals surface area contributed by atoms with Gasteiger partial charge in [0, 0.05) is 5.88 Å². The van der Waals surface area contributed by atoms with Gasteiger partial charge in [-0.3, -0.25) is 0 Å². The maximum absolute atomic E-state index is 9.71. The number of hydrogen-bond donors (Lipinski definition) is 1. The Morgan fingerprint density at radius 2 is 1.93 bits per heavy atom. The fourth-order valence-corrected chi connectivity index (χ4v) is 1.70. The van der Waals surface area contributed by atoms with Gasteiger partial charge in [0.25, 0.3) is 0 Å². The Morgan fingerprint density at radius 3 is 2.33 bits per heavy atom. The molecule has 0 aliphatic carbocycles. The zero-order valence-electron chi connectivity index (χ0n) is 10.4. The van der Waals surface area contributed by atoms with Crippen molar-refractivity contribution in [1.82, 2.24) is 0 Å². The van der Waals surface area contributed by atoms with E-state index in [4.69, 9.17) is 16.3 Å². The lowest BCUT2D eigenvalue weighted by Gasteiger charge is -2.27. The second-order valence-corrected chi connectivity index (χ2v) is 5.33. The minimum absolute atomic E-state index is 0.0822. The summed E-state index contributed by atoms with van der Waals surface area (Å²) in [6.45, 7) is 3.18. The molecule has 92 valence electrons. The highest BCUT2D eigenvalue weighted by atomic mass is 35.5. The first-order valence-electron chi connectivity index (χ1n) is 5.55. The summed E-state index contributed by atoms with van der Waals surface area (Å²) in [6, 6.07) is 0. The summed E-state index contributed by atoms with van der Waals surface area (Å²) < 4.78 is 6.29. The summed E-state index contributed by atoms with van der Waals surface area (Å²) in [7, 11) is 6.15. The molecule has 3 nitrogen and oxygen atoms in total. The average molecular weight is 239 g/mol. The standard InChI is InChI=1S/C11H25ClNO2/c1-5-6-11(7-12)15-9-10(14)8-13(2,3)4/h10-11,14H,5-9H2,1-4H3/q+1. The van der Waals surface area contributed by atoms with Gasteiger partial charge in [-0.15, -0.1) is 11.6 Å². The van der Waals surface area contributed by atoms with Crippen molar-refractivity contribution in [3.8, 4) is 0 Å². The molecule has 0 heterocycles. The number of rotatable bonds is 8. The molecule has 0 aliphatic rings. The Hall–Kier alpha value is 0.170. The molecule has 0 spiro atoms. The van der Waals surface area contributed by atoms with E-state index in [0.29, 0.717) is 19.0 Å². The zero-order chi connectivity index (χ0) is 11.9. The fraction of sp³-hybridized carbons (Fsp3) is 1.00. The van der Waals surface area contributed by atoms with Gasteiger partial charge in [0.2, 0.25) is 0 Å². The highest BCUT2D eigenvalue weighted by Crippen LogP contribution is 2.06. The zero-order valence-corrected chi connectivity index (χ0v) is 11.1. The largest absolute Gasteiger partial charge is 0.385 e. The predicted octanol–water partition coefficient (Wildman–Crippen LogP) is 1.48. The summed E-state index contributed by atoms with van der Waals surface area (Å²) in [5.74, 6) is 0.505. The van der Waals surface area contributed by atoms with Crippen molar-refractivity contribution in [3.63, 3.8) is 0 Å². The summed E-state index contributed by atoms with van der Waals surface area (Å²) in [4.78, 5) is 0. The molecule has 0 aromatic heterocycles. The van der Waals surface area contributed by atoms with Crippen LogP contribution < -0.4 is 0 Å². The Morgan fingerprint density at radius 1 is 1.33 bits per heavy atom. The van der Waals surface area contributed by atoms with Crippen molar-refractivity contribution in [2.75, 3.05) is 40.2 Å². The normalized spacial score (nSPS) is 16.4. The minimum Gasteiger partial charge on any atom is -0.385 e. The smallest absolute Gasteiger partial charge is 0.126 e. The lowest BCUT2D eigenvalue weighted by molar-refractivity contribution is -0.873. The number of nitrogens with zero attached hydrogens (tertiary/aromatic N) is 1. The van der Waals surface area contributed by atoms with Gasteiger partial charge in [-0.25, -0.2) is 0 Å². The first kappa shape index (κ1) is 15.2. The average Bonchev–Trinajstić information content (AvgIpc) is 2.09. The van der Waals surface area contributed by atoms with E-state index in [1.54, 1.807) is 0 Å². The van der Waals surface area contributed by atoms with Crippen LogP contribution in [0.5, 0.6) is 0 Å². The molecule has 0 fully saturated rings. The van der Waals surface area contributed by atoms with E-state index in [1.165, 1.54) is 0 Å². The first-order valence-corrected chi connectivity index (χ1v) is 6.08. The van der Waals surface area contributed by atoms with Crippen molar-refractivity contribution >= 4 is 11.6 Å². The number of likely N-dealkylation sites (N-methyl/N-ethyl adjacent to an activating group) is 1. The van der Waals surface area contributed by atoms with Gasteiger partial charge in [-0.05, 0) is 6.42 Å². The highest BCUT2D eigenvalue weighted by molar-refractivity contribution is 6.18. The van der Waals surface area contributed by atoms with Crippen LogP contribution in [-0.2, 0) is 4.74 Å². The van der Waals surface area contributed by atoms with E-state index >= 15 is 0 Å². The Kier molecular flexibility index (Phi) is 7.53. The van der Waals surface area contributed by atoms with Crippen LogP contribution in [0, 0.1) is 0 Å². The van der Waals surface area contributed by atoms with Crippen LogP contribution in [0.2, 0.25) is 0 Å². The molecule has 4 heteroatoms. The maximum Gasteiger partial charge on any atom is 0.126 e. The number of quaternary nitrogens is 1. The molecule has 0 radical (unpaired) electrons. The van der Waals surface area contributed by atoms with Gasteiger partial charge < -0.3 is 14.3 Å². The van der Waals surface area contributed by atoms with Crippen molar-refractivity contribution < 1.29 is 14.3 Å². The Bertz CT molecular complexity index is 159. The van der Waals surface area contributed by atoms with Crippen molar-refractivity contribution in [2.45, 2.75) is 32.0 Å². The molecule has 1 N–H and O–H groups in total. The van der Waals surface area contributed by atoms with Crippen LogP contribution >= 0.6 is 11.6 Å². The van der Waals surface area contributed by atoms with E-state index in [1.807, 2.05) is 21.1 Å². The molecule has 2 unspecified atom stereocenters. The summed E-state index contributed by atoms with van der Waals surface area (Å²) in [6.07, 6.45) is 1.69. The lowest BCUT2D eigenvalue weighted by Crippen LogP contribution is -2.43. The second-order valence-electron chi connectivity index (χ2n) is 5.03. The monoisotopic (exact) mass is 238 g/mol. The van der Waals surface area contributed by atoms with Crippen LogP contribution in [0.3, 0.4) is 0 Å². The maximum atomic E-state index is 9.71. The summed E-state index contributed by atoms with van der Waals surface area (Å²) in [5, 5.41) is 9.71. The van der Waals surface area contributed by atoms with E-state index in [-0.39, 0.29) is 6.10 Å². The molecule has 0 rings (SSSR count). The van der Waals surface area contributed by atoms with E-state index in [2.05, 4.69) is 6.92 Å². The topological polar surface area (TPSA) is 29.5 Å². The van der Waals surface area contributed by atoms with Crippen LogP contribution in [0.15, 0.2) is 0 Å². The SMILES string of the molecule is CCCC(CCl)OCC(O)C[N+](C)(C)C. The third kappa shape index (κ3) is 9.12. The van der Waals surface area contributed by atoms with Crippen LogP contribution in [-0.4, -0.2) is 62.0 Å². The van der Waals surface area contributed by atoms with Crippen molar-refractivity contribution in [2.24, 2.45) is 0 Å². The first-order chi connectivity index (χ1) is 6.89. The van der Waals surface area contributed by atoms with E-state index < -0.39 is 6.10 Å². The Labute approximate surface area is 98.6 Å². The molecule has 0 saturated heterocycles. The molecule has 0 aliphatic heterocycles. The van der Waals surface area contributed by atoms with Crippen molar-refractivity contribution in [3.05, 3.63) is 0 Å². The number of aliphatic hydroxyl groups is 1. The molecule has 0 bridgehead atoms. The van der Waals surface area contributed by atoms with Crippen molar-refractivity contribution in [1.29, 1.82) is 0 Å². The number of alkyl halides is 1. The van der Waals surface area contributed by atoms with Gasteiger partial charge in [-0.2, -0.15) is 0 Å². The molecule has 0 amide bonds. The van der Waals surface area contributed by atoms with E-state index in [0.717, 1.165) is 17.3 Å². The summed E-state index contributed by atoms with van der Waals surface area (Å²) in [5.41, 5.74) is 0. The number of ether oxygens (including phenoxy) is 1.